The highest BCUT2D eigenvalue weighted by atomic mass is 15.1. The van der Waals surface area contributed by atoms with Crippen LogP contribution in [0, 0.1) is 0 Å². The Morgan fingerprint density at radius 2 is 0.673 bits per heavy atom. The first-order chi connectivity index (χ1) is 25.8. The first-order valence-corrected chi connectivity index (χ1v) is 17.8. The van der Waals surface area contributed by atoms with E-state index in [0.717, 1.165) is 34.1 Å². The molecule has 0 saturated carbocycles. The van der Waals surface area contributed by atoms with Crippen molar-refractivity contribution < 1.29 is 0 Å². The van der Waals surface area contributed by atoms with Crippen LogP contribution in [0.25, 0.3) is 53.9 Å². The fourth-order valence-electron chi connectivity index (χ4n) is 7.89. The Labute approximate surface area is 303 Å². The van der Waals surface area contributed by atoms with Crippen LogP contribution in [0.4, 0.5) is 34.1 Å². The summed E-state index contributed by atoms with van der Waals surface area (Å²) in [5, 5.41) is 12.3. The van der Waals surface area contributed by atoms with Crippen molar-refractivity contribution in [2.45, 2.75) is 0 Å². The molecule has 0 spiro atoms. The van der Waals surface area contributed by atoms with Gasteiger partial charge in [0.05, 0.1) is 5.69 Å². The molecule has 0 N–H and O–H groups in total. The minimum Gasteiger partial charge on any atom is -0.310 e. The predicted octanol–water partition coefficient (Wildman–Crippen LogP) is 14.4. The molecule has 0 bridgehead atoms. The normalized spacial score (nSPS) is 11.5. The van der Waals surface area contributed by atoms with Gasteiger partial charge in [0.15, 0.2) is 0 Å². The topological polar surface area (TPSA) is 6.48 Å². The lowest BCUT2D eigenvalue weighted by Crippen LogP contribution is -2.10. The number of anilines is 6. The summed E-state index contributed by atoms with van der Waals surface area (Å²) < 4.78 is 0. The van der Waals surface area contributed by atoms with Crippen LogP contribution in [0.15, 0.2) is 206 Å². The Kier molecular flexibility index (Phi) is 7.18. The Bertz CT molecular complexity index is 2910. The molecule has 0 fully saturated rings. The van der Waals surface area contributed by atoms with Crippen molar-refractivity contribution >= 4 is 88.0 Å². The molecule has 10 aromatic carbocycles. The van der Waals surface area contributed by atoms with Gasteiger partial charge in [-0.05, 0) is 115 Å². The van der Waals surface area contributed by atoms with Gasteiger partial charge in [0.2, 0.25) is 0 Å². The maximum atomic E-state index is 2.41. The quantitative estimate of drug-likeness (QED) is 0.164. The van der Waals surface area contributed by atoms with E-state index in [9.17, 15) is 0 Å². The van der Waals surface area contributed by atoms with Crippen LogP contribution in [0.3, 0.4) is 0 Å². The Morgan fingerprint density at radius 3 is 1.33 bits per heavy atom. The van der Waals surface area contributed by atoms with E-state index in [0.29, 0.717) is 0 Å². The summed E-state index contributed by atoms with van der Waals surface area (Å²) in [6.45, 7) is 0. The molecule has 0 atom stereocenters. The van der Waals surface area contributed by atoms with Crippen molar-refractivity contribution in [2.24, 2.45) is 0 Å². The van der Waals surface area contributed by atoms with Gasteiger partial charge in [0.25, 0.3) is 0 Å². The summed E-state index contributed by atoms with van der Waals surface area (Å²) in [5.74, 6) is 0. The summed E-state index contributed by atoms with van der Waals surface area (Å²) >= 11 is 0. The highest BCUT2D eigenvalue weighted by Crippen LogP contribution is 2.44. The molecule has 0 aliphatic rings. The van der Waals surface area contributed by atoms with Gasteiger partial charge in [-0.3, -0.25) is 0 Å². The van der Waals surface area contributed by atoms with Crippen molar-refractivity contribution in [3.05, 3.63) is 206 Å². The van der Waals surface area contributed by atoms with Crippen molar-refractivity contribution in [1.82, 2.24) is 0 Å². The molecule has 244 valence electrons. The molecule has 0 aliphatic heterocycles. The number of fused-ring (bicyclic) bond motifs is 7. The summed E-state index contributed by atoms with van der Waals surface area (Å²) in [5.41, 5.74) is 6.81. The Morgan fingerprint density at radius 1 is 0.231 bits per heavy atom. The number of rotatable bonds is 6. The zero-order valence-electron chi connectivity index (χ0n) is 28.5. The molecule has 2 nitrogen and oxygen atoms in total. The predicted molar refractivity (Wildman–Crippen MR) is 223 cm³/mol. The summed E-state index contributed by atoms with van der Waals surface area (Å²) in [6.07, 6.45) is 0. The maximum absolute atomic E-state index is 2.41. The molecule has 0 unspecified atom stereocenters. The van der Waals surface area contributed by atoms with Crippen LogP contribution in [-0.2, 0) is 0 Å². The standard InChI is InChI=1S/C50H34N2/c1-3-17-41(18-4-1)51(43-26-22-35-12-7-9-14-38(35)32-43)44-28-31-46-40(34-44)25-30-48-47(46)29-24-37-16-11-21-49(50(37)48)52(42-19-5-2-6-20-42)45-27-23-36-13-8-10-15-39(36)33-45/h1-34H. The third kappa shape index (κ3) is 5.12. The zero-order valence-corrected chi connectivity index (χ0v) is 28.5. The third-order valence-electron chi connectivity index (χ3n) is 10.3. The van der Waals surface area contributed by atoms with Gasteiger partial charge in [0.1, 0.15) is 0 Å². The van der Waals surface area contributed by atoms with Crippen molar-refractivity contribution in [3.8, 4) is 0 Å². The molecular weight excluding hydrogens is 629 g/mol. The largest absolute Gasteiger partial charge is 0.310 e. The number of hydrogen-bond donors (Lipinski definition) is 0. The maximum Gasteiger partial charge on any atom is 0.0546 e. The van der Waals surface area contributed by atoms with Crippen LogP contribution >= 0.6 is 0 Å². The van der Waals surface area contributed by atoms with Crippen LogP contribution in [-0.4, -0.2) is 0 Å². The lowest BCUT2D eigenvalue weighted by Gasteiger charge is -2.28. The summed E-state index contributed by atoms with van der Waals surface area (Å²) in [7, 11) is 0. The molecule has 10 aromatic rings. The average molecular weight is 663 g/mol. The molecule has 2 heteroatoms. The minimum atomic E-state index is 1.13. The number of nitrogens with zero attached hydrogens (tertiary/aromatic N) is 2. The fraction of sp³-hybridized carbons (Fsp3) is 0. The number of benzene rings is 10. The van der Waals surface area contributed by atoms with Crippen LogP contribution in [0.1, 0.15) is 0 Å². The summed E-state index contributed by atoms with van der Waals surface area (Å²) in [4.78, 5) is 4.76. The van der Waals surface area contributed by atoms with Gasteiger partial charge >= 0.3 is 0 Å². The first kappa shape index (κ1) is 30.0. The average Bonchev–Trinajstić information content (AvgIpc) is 3.21. The van der Waals surface area contributed by atoms with E-state index in [4.69, 9.17) is 0 Å². The Balaban J connectivity index is 1.16. The SMILES string of the molecule is c1ccc(N(c2ccc3ccccc3c2)c2ccc3c(ccc4c3ccc3cccc(N(c5ccccc5)c5ccc6ccccc6c5)c34)c2)cc1. The van der Waals surface area contributed by atoms with E-state index < -0.39 is 0 Å². The van der Waals surface area contributed by atoms with Gasteiger partial charge in [0, 0.05) is 33.8 Å². The van der Waals surface area contributed by atoms with Gasteiger partial charge in [-0.1, -0.05) is 140 Å². The third-order valence-corrected chi connectivity index (χ3v) is 10.3. The van der Waals surface area contributed by atoms with Gasteiger partial charge in [-0.25, -0.2) is 0 Å². The van der Waals surface area contributed by atoms with Gasteiger partial charge in [-0.15, -0.1) is 0 Å². The van der Waals surface area contributed by atoms with E-state index in [1.54, 1.807) is 0 Å². The number of para-hydroxylation sites is 2. The molecule has 0 aliphatic carbocycles. The van der Waals surface area contributed by atoms with Crippen molar-refractivity contribution in [3.63, 3.8) is 0 Å². The molecule has 52 heavy (non-hydrogen) atoms. The molecule has 0 amide bonds. The van der Waals surface area contributed by atoms with Crippen LogP contribution in [0.5, 0.6) is 0 Å². The molecule has 0 heterocycles. The second kappa shape index (κ2) is 12.5. The van der Waals surface area contributed by atoms with Crippen molar-refractivity contribution in [1.29, 1.82) is 0 Å². The fourth-order valence-corrected chi connectivity index (χ4v) is 7.89. The van der Waals surface area contributed by atoms with Crippen LogP contribution in [0.2, 0.25) is 0 Å². The van der Waals surface area contributed by atoms with E-state index in [2.05, 4.69) is 216 Å². The second-order valence-electron chi connectivity index (χ2n) is 13.4. The van der Waals surface area contributed by atoms with Crippen LogP contribution < -0.4 is 9.80 Å². The molecule has 10 rings (SSSR count). The molecular formula is C50H34N2. The monoisotopic (exact) mass is 662 g/mol. The van der Waals surface area contributed by atoms with E-state index in [1.807, 2.05) is 0 Å². The molecule has 0 radical (unpaired) electrons. The van der Waals surface area contributed by atoms with E-state index in [-0.39, 0.29) is 0 Å². The second-order valence-corrected chi connectivity index (χ2v) is 13.4. The molecule has 0 aromatic heterocycles. The molecule has 0 saturated heterocycles. The number of hydrogen-bond acceptors (Lipinski definition) is 2. The van der Waals surface area contributed by atoms with E-state index in [1.165, 1.54) is 53.9 Å². The Hall–Kier alpha value is -6.90. The van der Waals surface area contributed by atoms with Crippen molar-refractivity contribution in [2.75, 3.05) is 9.80 Å². The van der Waals surface area contributed by atoms with Gasteiger partial charge < -0.3 is 9.80 Å². The lowest BCUT2D eigenvalue weighted by atomic mass is 9.95. The minimum absolute atomic E-state index is 1.13. The summed E-state index contributed by atoms with van der Waals surface area (Å²) in [6, 6.07) is 74.8. The van der Waals surface area contributed by atoms with Gasteiger partial charge in [-0.2, -0.15) is 0 Å². The highest BCUT2D eigenvalue weighted by Gasteiger charge is 2.19. The first-order valence-electron chi connectivity index (χ1n) is 17.8. The zero-order chi connectivity index (χ0) is 34.4. The smallest absolute Gasteiger partial charge is 0.0546 e. The highest BCUT2D eigenvalue weighted by molar-refractivity contribution is 6.21. The lowest BCUT2D eigenvalue weighted by molar-refractivity contribution is 1.29. The van der Waals surface area contributed by atoms with E-state index >= 15 is 0 Å².